The molecule has 124 valence electrons. The Kier molecular flexibility index (Phi) is 4.99. The van der Waals surface area contributed by atoms with Gasteiger partial charge in [0.25, 0.3) is 21.7 Å². The van der Waals surface area contributed by atoms with Crippen molar-refractivity contribution in [2.24, 2.45) is 0 Å². The van der Waals surface area contributed by atoms with Gasteiger partial charge >= 0.3 is 6.18 Å². The van der Waals surface area contributed by atoms with Gasteiger partial charge in [-0.1, -0.05) is 0 Å². The van der Waals surface area contributed by atoms with Gasteiger partial charge in [-0.25, -0.2) is 13.1 Å². The summed E-state index contributed by atoms with van der Waals surface area (Å²) in [6.45, 7) is 0. The number of carbonyl (C=O) groups is 2. The van der Waals surface area contributed by atoms with Gasteiger partial charge in [0.05, 0.1) is 13.5 Å². The van der Waals surface area contributed by atoms with E-state index in [9.17, 15) is 31.2 Å². The summed E-state index contributed by atoms with van der Waals surface area (Å²) in [5, 5.41) is 0. The Balaban J connectivity index is 2.19. The minimum Gasteiger partial charge on any atom is -0.283 e. The molecule has 2 aromatic rings. The third-order valence-electron chi connectivity index (χ3n) is 2.35. The SMILES string of the molecule is O=C(NS(=O)(=O)c1ccc(Br)s1)c1ccc(C(=O)C(F)(F)F)s1. The van der Waals surface area contributed by atoms with Gasteiger partial charge in [-0.3, -0.25) is 9.59 Å². The predicted molar refractivity (Wildman–Crippen MR) is 81.4 cm³/mol. The molecule has 12 heteroatoms. The molecule has 0 aromatic carbocycles. The highest BCUT2D eigenvalue weighted by Gasteiger charge is 2.40. The average molecular weight is 448 g/mol. The molecule has 1 N–H and O–H groups in total. The van der Waals surface area contributed by atoms with Crippen molar-refractivity contribution in [2.45, 2.75) is 10.4 Å². The number of amides is 1. The van der Waals surface area contributed by atoms with Crippen molar-refractivity contribution in [3.63, 3.8) is 0 Å². The summed E-state index contributed by atoms with van der Waals surface area (Å²) in [7, 11) is -4.14. The van der Waals surface area contributed by atoms with Gasteiger partial charge in [-0.2, -0.15) is 13.2 Å². The lowest BCUT2D eigenvalue weighted by Crippen LogP contribution is -2.29. The van der Waals surface area contributed by atoms with Gasteiger partial charge in [0.15, 0.2) is 0 Å². The quantitative estimate of drug-likeness (QED) is 0.727. The number of alkyl halides is 3. The fourth-order valence-corrected chi connectivity index (χ4v) is 5.29. The first-order chi connectivity index (χ1) is 10.5. The lowest BCUT2D eigenvalue weighted by Gasteiger charge is -2.03. The normalized spacial score (nSPS) is 12.2. The van der Waals surface area contributed by atoms with Crippen LogP contribution >= 0.6 is 38.6 Å². The number of ketones is 1. The minimum absolute atomic E-state index is 0.138. The maximum absolute atomic E-state index is 12.3. The molecule has 2 aromatic heterocycles. The Morgan fingerprint density at radius 1 is 1.04 bits per heavy atom. The molecule has 0 saturated carbocycles. The number of carbonyl (C=O) groups excluding carboxylic acids is 2. The van der Waals surface area contributed by atoms with Gasteiger partial charge in [0, 0.05) is 0 Å². The van der Waals surface area contributed by atoms with Gasteiger partial charge in [-0.05, 0) is 40.2 Å². The Bertz CT molecular complexity index is 869. The number of hydrogen-bond acceptors (Lipinski definition) is 6. The van der Waals surface area contributed by atoms with Crippen molar-refractivity contribution < 1.29 is 31.2 Å². The number of Topliss-reactive ketones (excluding diaryl/α,β-unsaturated/α-hetero) is 1. The smallest absolute Gasteiger partial charge is 0.283 e. The molecule has 0 aliphatic heterocycles. The average Bonchev–Trinajstić information content (AvgIpc) is 3.05. The summed E-state index contributed by atoms with van der Waals surface area (Å²) in [5.74, 6) is -3.20. The van der Waals surface area contributed by atoms with Gasteiger partial charge in [-0.15, -0.1) is 22.7 Å². The van der Waals surface area contributed by atoms with Crippen LogP contribution in [0.5, 0.6) is 0 Å². The van der Waals surface area contributed by atoms with Crippen LogP contribution < -0.4 is 4.72 Å². The van der Waals surface area contributed by atoms with E-state index in [1.165, 1.54) is 12.1 Å². The van der Waals surface area contributed by atoms with Crippen molar-refractivity contribution in [3.8, 4) is 0 Å². The van der Waals surface area contributed by atoms with Crippen LogP contribution in [0, 0.1) is 0 Å². The molecule has 0 spiro atoms. The Morgan fingerprint density at radius 2 is 1.65 bits per heavy atom. The predicted octanol–water partition coefficient (Wildman–Crippen LogP) is 3.44. The maximum Gasteiger partial charge on any atom is 0.455 e. The van der Waals surface area contributed by atoms with E-state index in [0.717, 1.165) is 23.5 Å². The fourth-order valence-electron chi connectivity index (χ4n) is 1.39. The van der Waals surface area contributed by atoms with Crippen molar-refractivity contribution in [2.75, 3.05) is 0 Å². The van der Waals surface area contributed by atoms with Crippen LogP contribution in [0.15, 0.2) is 32.3 Å². The number of sulfonamides is 1. The molecular formula is C11H5BrF3NO4S3. The van der Waals surface area contributed by atoms with Gasteiger partial charge in [0.1, 0.15) is 4.21 Å². The number of rotatable bonds is 4. The lowest BCUT2D eigenvalue weighted by atomic mass is 10.3. The first kappa shape index (κ1) is 18.1. The first-order valence-electron chi connectivity index (χ1n) is 5.54. The van der Waals surface area contributed by atoms with Gasteiger partial charge < -0.3 is 0 Å². The molecule has 0 saturated heterocycles. The Labute approximate surface area is 144 Å². The standard InChI is InChI=1S/C11H5BrF3NO4S3/c12-7-3-4-8(22-7)23(19,20)16-10(18)6-2-1-5(21-6)9(17)11(13,14)15/h1-4H,(H,16,18). The topological polar surface area (TPSA) is 80.3 Å². The second-order valence-electron chi connectivity index (χ2n) is 3.98. The fraction of sp³-hybridized carbons (Fsp3) is 0.0909. The third kappa shape index (κ3) is 4.19. The number of halogens is 4. The molecule has 23 heavy (non-hydrogen) atoms. The molecule has 2 heterocycles. The van der Waals surface area contributed by atoms with Crippen LogP contribution in [-0.2, 0) is 10.0 Å². The molecule has 2 rings (SSSR count). The van der Waals surface area contributed by atoms with E-state index in [2.05, 4.69) is 15.9 Å². The summed E-state index contributed by atoms with van der Waals surface area (Å²) in [6, 6.07) is 4.51. The van der Waals surface area contributed by atoms with Crippen LogP contribution in [0.25, 0.3) is 0 Å². The molecule has 0 aliphatic rings. The van der Waals surface area contributed by atoms with Crippen LogP contribution in [0.1, 0.15) is 19.3 Å². The van der Waals surface area contributed by atoms with E-state index in [1.54, 1.807) is 4.72 Å². The lowest BCUT2D eigenvalue weighted by molar-refractivity contribution is -0.0882. The van der Waals surface area contributed by atoms with E-state index >= 15 is 0 Å². The summed E-state index contributed by atoms with van der Waals surface area (Å²) >= 11 is 4.20. The van der Waals surface area contributed by atoms with Gasteiger partial charge in [0.2, 0.25) is 0 Å². The van der Waals surface area contributed by atoms with E-state index < -0.39 is 32.8 Å². The Morgan fingerprint density at radius 3 is 2.17 bits per heavy atom. The summed E-state index contributed by atoms with van der Waals surface area (Å²) in [6.07, 6.45) is -5.06. The highest BCUT2D eigenvalue weighted by molar-refractivity contribution is 9.11. The largest absolute Gasteiger partial charge is 0.455 e. The van der Waals surface area contributed by atoms with Crippen molar-refractivity contribution >= 4 is 60.3 Å². The molecule has 0 aliphatic carbocycles. The zero-order valence-corrected chi connectivity index (χ0v) is 14.7. The molecule has 0 fully saturated rings. The van der Waals surface area contributed by atoms with Crippen LogP contribution in [0.2, 0.25) is 0 Å². The molecule has 0 atom stereocenters. The van der Waals surface area contributed by atoms with Crippen LogP contribution in [0.3, 0.4) is 0 Å². The summed E-state index contributed by atoms with van der Waals surface area (Å²) in [5.41, 5.74) is 0. The molecule has 0 unspecified atom stereocenters. The maximum atomic E-state index is 12.3. The Hall–Kier alpha value is -1.24. The van der Waals surface area contributed by atoms with Crippen molar-refractivity contribution in [3.05, 3.63) is 37.8 Å². The zero-order valence-electron chi connectivity index (χ0n) is 10.7. The number of hydrogen-bond donors (Lipinski definition) is 1. The highest BCUT2D eigenvalue weighted by Crippen LogP contribution is 2.28. The third-order valence-corrected chi connectivity index (χ3v) is 6.88. The summed E-state index contributed by atoms with van der Waals surface area (Å²) in [4.78, 5) is 21.9. The first-order valence-corrected chi connectivity index (χ1v) is 9.45. The number of nitrogens with one attached hydrogen (secondary N) is 1. The molecular weight excluding hydrogens is 443 g/mol. The number of thiophene rings is 2. The second-order valence-corrected chi connectivity index (χ2v) is 9.44. The van der Waals surface area contributed by atoms with E-state index in [0.29, 0.717) is 3.79 Å². The molecule has 0 bridgehead atoms. The second kappa shape index (κ2) is 6.34. The highest BCUT2D eigenvalue weighted by atomic mass is 79.9. The molecule has 5 nitrogen and oxygen atoms in total. The molecule has 0 radical (unpaired) electrons. The minimum atomic E-state index is -5.06. The van der Waals surface area contributed by atoms with Crippen molar-refractivity contribution in [1.82, 2.24) is 4.72 Å². The summed E-state index contributed by atoms with van der Waals surface area (Å²) < 4.78 is 62.9. The van der Waals surface area contributed by atoms with Crippen LogP contribution in [-0.4, -0.2) is 26.3 Å². The zero-order chi connectivity index (χ0) is 17.4. The molecule has 1 amide bonds. The van der Waals surface area contributed by atoms with Crippen LogP contribution in [0.4, 0.5) is 13.2 Å². The van der Waals surface area contributed by atoms with E-state index in [4.69, 9.17) is 0 Å². The van der Waals surface area contributed by atoms with E-state index in [-0.39, 0.29) is 20.4 Å². The monoisotopic (exact) mass is 447 g/mol. The van der Waals surface area contributed by atoms with Crippen molar-refractivity contribution in [1.29, 1.82) is 0 Å². The van der Waals surface area contributed by atoms with E-state index in [1.807, 2.05) is 0 Å².